The van der Waals surface area contributed by atoms with Gasteiger partial charge in [0.05, 0.1) is 11.8 Å². The first-order valence-electron chi connectivity index (χ1n) is 8.06. The summed E-state index contributed by atoms with van der Waals surface area (Å²) in [5, 5.41) is 0. The van der Waals surface area contributed by atoms with Gasteiger partial charge in [0, 0.05) is 12.5 Å². The largest absolute Gasteiger partial charge is 0.451 e. The average Bonchev–Trinajstić information content (AvgIpc) is 3.12. The molecular weight excluding hydrogens is 297 g/mol. The molecule has 5 heteroatoms. The molecule has 0 amide bonds. The topological polar surface area (TPSA) is 53.7 Å². The lowest BCUT2D eigenvalue weighted by atomic mass is 9.91. The molecule has 2 unspecified atom stereocenters. The minimum absolute atomic E-state index is 0.0421. The van der Waals surface area contributed by atoms with Gasteiger partial charge in [0.1, 0.15) is 0 Å². The molecule has 2 aliphatic heterocycles. The Labute approximate surface area is 136 Å². The Morgan fingerprint density at radius 1 is 1.09 bits per heavy atom. The molecule has 4 nitrogen and oxygen atoms in total. The molecule has 3 aliphatic rings. The van der Waals surface area contributed by atoms with E-state index in [4.69, 9.17) is 19.9 Å². The molecule has 0 radical (unpaired) electrons. The fourth-order valence-corrected chi connectivity index (χ4v) is 2.60. The van der Waals surface area contributed by atoms with Crippen LogP contribution < -0.4 is 15.2 Å². The number of hydrogen-bond acceptors (Lipinski definition) is 4. The first-order valence-corrected chi connectivity index (χ1v) is 8.06. The normalized spacial score (nSPS) is 23.1. The summed E-state index contributed by atoms with van der Waals surface area (Å²) in [4.78, 5) is 0. The van der Waals surface area contributed by atoms with E-state index >= 15 is 0 Å². The molecule has 2 atom stereocenters. The quantitative estimate of drug-likeness (QED) is 0.732. The summed E-state index contributed by atoms with van der Waals surface area (Å²) in [7, 11) is 0. The van der Waals surface area contributed by atoms with Crippen molar-refractivity contribution in [3.8, 4) is 11.5 Å². The molecule has 1 aliphatic carbocycles. The van der Waals surface area contributed by atoms with Crippen LogP contribution in [0.1, 0.15) is 26.7 Å². The number of halogens is 1. The van der Waals surface area contributed by atoms with Crippen molar-refractivity contribution in [1.29, 1.82) is 0 Å². The molecule has 0 bridgehead atoms. The van der Waals surface area contributed by atoms with Gasteiger partial charge >= 0.3 is 0 Å². The molecule has 1 aromatic rings. The van der Waals surface area contributed by atoms with Crippen molar-refractivity contribution in [2.75, 3.05) is 19.1 Å². The first kappa shape index (κ1) is 17.3. The summed E-state index contributed by atoms with van der Waals surface area (Å²) in [6.07, 6.45) is 11.5. The maximum absolute atomic E-state index is 12.8. The number of anilines is 1. The molecule has 1 saturated heterocycles. The Morgan fingerprint density at radius 2 is 1.83 bits per heavy atom. The Balaban J connectivity index is 0.000000152. The molecule has 1 fully saturated rings. The Hall–Kier alpha value is -2.01. The van der Waals surface area contributed by atoms with Crippen LogP contribution in [-0.2, 0) is 4.74 Å². The van der Waals surface area contributed by atoms with Crippen LogP contribution in [0.5, 0.6) is 11.5 Å². The lowest BCUT2D eigenvalue weighted by Gasteiger charge is -2.28. The van der Waals surface area contributed by atoms with Gasteiger partial charge in [-0.25, -0.2) is 4.39 Å². The standard InChI is InChI=1S/C9H12O.C7H6FNO2.C2H6/c1-2-6-9-8(4-1)5-3-7-10-9;8-4-1-2-5(9)7-6(4)10-3-11-7;1-2/h1-2,4,6,8-9H,3,5,7H2;1-2H,3,9H2;1-2H3. The van der Waals surface area contributed by atoms with Gasteiger partial charge in [-0.3, -0.25) is 0 Å². The van der Waals surface area contributed by atoms with E-state index in [-0.39, 0.29) is 12.5 Å². The zero-order valence-electron chi connectivity index (χ0n) is 13.6. The van der Waals surface area contributed by atoms with E-state index in [1.165, 1.54) is 25.0 Å². The molecular formula is C18H24FNO3. The van der Waals surface area contributed by atoms with Gasteiger partial charge in [0.25, 0.3) is 0 Å². The highest BCUT2D eigenvalue weighted by Crippen LogP contribution is 2.39. The SMILES string of the molecule is C1=CC2CCCOC2C=C1.CC.Nc1ccc(F)c2c1OCO2. The number of fused-ring (bicyclic) bond motifs is 2. The lowest BCUT2D eigenvalue weighted by molar-refractivity contribution is 0.0187. The lowest BCUT2D eigenvalue weighted by Crippen LogP contribution is -2.27. The second kappa shape index (κ2) is 8.58. The van der Waals surface area contributed by atoms with Gasteiger partial charge in [-0.2, -0.15) is 0 Å². The number of nitrogens with two attached hydrogens (primary N) is 1. The minimum atomic E-state index is -0.438. The van der Waals surface area contributed by atoms with E-state index in [2.05, 4.69) is 24.3 Å². The van der Waals surface area contributed by atoms with Gasteiger partial charge in [0.15, 0.2) is 11.6 Å². The van der Waals surface area contributed by atoms with Crippen LogP contribution in [0.2, 0.25) is 0 Å². The smallest absolute Gasteiger partial charge is 0.231 e. The van der Waals surface area contributed by atoms with Gasteiger partial charge in [-0.05, 0) is 25.0 Å². The Morgan fingerprint density at radius 3 is 2.57 bits per heavy atom. The zero-order valence-corrected chi connectivity index (χ0v) is 13.6. The second-order valence-electron chi connectivity index (χ2n) is 5.11. The van der Waals surface area contributed by atoms with Crippen LogP contribution in [0.4, 0.5) is 10.1 Å². The van der Waals surface area contributed by atoms with E-state index in [0.717, 1.165) is 6.61 Å². The van der Waals surface area contributed by atoms with Crippen molar-refractivity contribution in [2.45, 2.75) is 32.8 Å². The van der Waals surface area contributed by atoms with Crippen LogP contribution in [0.15, 0.2) is 36.4 Å². The Bertz CT molecular complexity index is 523. The van der Waals surface area contributed by atoms with E-state index in [9.17, 15) is 4.39 Å². The minimum Gasteiger partial charge on any atom is -0.451 e. The molecule has 0 spiro atoms. The van der Waals surface area contributed by atoms with Gasteiger partial charge in [0.2, 0.25) is 12.5 Å². The molecule has 0 saturated carbocycles. The van der Waals surface area contributed by atoms with E-state index in [1.807, 2.05) is 13.8 Å². The van der Waals surface area contributed by atoms with E-state index < -0.39 is 5.82 Å². The Kier molecular flexibility index (Phi) is 6.47. The second-order valence-corrected chi connectivity index (χ2v) is 5.11. The van der Waals surface area contributed by atoms with Crippen LogP contribution in [0.3, 0.4) is 0 Å². The molecule has 23 heavy (non-hydrogen) atoms. The third kappa shape index (κ3) is 4.26. The third-order valence-corrected chi connectivity index (χ3v) is 3.69. The molecule has 4 rings (SSSR count). The average molecular weight is 321 g/mol. The summed E-state index contributed by atoms with van der Waals surface area (Å²) >= 11 is 0. The van der Waals surface area contributed by atoms with E-state index in [0.29, 0.717) is 23.5 Å². The van der Waals surface area contributed by atoms with Gasteiger partial charge in [-0.15, -0.1) is 0 Å². The maximum atomic E-state index is 12.8. The van der Waals surface area contributed by atoms with Crippen LogP contribution in [0, 0.1) is 11.7 Å². The molecule has 126 valence electrons. The summed E-state index contributed by atoms with van der Waals surface area (Å²) in [6.45, 7) is 4.99. The number of allylic oxidation sites excluding steroid dienone is 2. The molecule has 2 heterocycles. The van der Waals surface area contributed by atoms with Gasteiger partial charge in [-0.1, -0.05) is 38.2 Å². The zero-order chi connectivity index (χ0) is 16.7. The fraction of sp³-hybridized carbons (Fsp3) is 0.444. The van der Waals surface area contributed by atoms with Crippen molar-refractivity contribution in [1.82, 2.24) is 0 Å². The predicted molar refractivity (Wildman–Crippen MR) is 89.0 cm³/mol. The van der Waals surface area contributed by atoms with E-state index in [1.54, 1.807) is 0 Å². The molecule has 0 aromatic heterocycles. The number of nitrogen functional groups attached to an aromatic ring is 1. The van der Waals surface area contributed by atoms with Crippen molar-refractivity contribution in [2.24, 2.45) is 5.92 Å². The number of ether oxygens (including phenoxy) is 3. The number of benzene rings is 1. The maximum Gasteiger partial charge on any atom is 0.231 e. The van der Waals surface area contributed by atoms with Crippen molar-refractivity contribution in [3.63, 3.8) is 0 Å². The summed E-state index contributed by atoms with van der Waals surface area (Å²) < 4.78 is 28.1. The van der Waals surface area contributed by atoms with Crippen molar-refractivity contribution >= 4 is 5.69 Å². The molecule has 2 N–H and O–H groups in total. The van der Waals surface area contributed by atoms with Crippen LogP contribution in [0.25, 0.3) is 0 Å². The monoisotopic (exact) mass is 321 g/mol. The van der Waals surface area contributed by atoms with Crippen LogP contribution >= 0.6 is 0 Å². The predicted octanol–water partition coefficient (Wildman–Crippen LogP) is 4.07. The van der Waals surface area contributed by atoms with Gasteiger partial charge < -0.3 is 19.9 Å². The first-order chi connectivity index (χ1) is 11.3. The summed E-state index contributed by atoms with van der Waals surface area (Å²) in [5.74, 6) is 0.653. The summed E-state index contributed by atoms with van der Waals surface area (Å²) in [5.41, 5.74) is 5.87. The highest BCUT2D eigenvalue weighted by atomic mass is 19.1. The molecule has 1 aromatic carbocycles. The van der Waals surface area contributed by atoms with Crippen LogP contribution in [-0.4, -0.2) is 19.5 Å². The fourth-order valence-electron chi connectivity index (χ4n) is 2.60. The number of hydrogen-bond donors (Lipinski definition) is 1. The highest BCUT2D eigenvalue weighted by molar-refractivity contribution is 5.61. The number of rotatable bonds is 0. The van der Waals surface area contributed by atoms with Crippen molar-refractivity contribution in [3.05, 3.63) is 42.3 Å². The third-order valence-electron chi connectivity index (χ3n) is 3.69. The van der Waals surface area contributed by atoms with Crippen molar-refractivity contribution < 1.29 is 18.6 Å². The highest BCUT2D eigenvalue weighted by Gasteiger charge is 2.22. The summed E-state index contributed by atoms with van der Waals surface area (Å²) in [6, 6.07) is 2.70.